The molecule has 0 fully saturated rings. The number of nitrogens with zero attached hydrogens (tertiary/aromatic N) is 2. The van der Waals surface area contributed by atoms with E-state index in [-0.39, 0.29) is 0 Å². The minimum atomic E-state index is 0.917. The summed E-state index contributed by atoms with van der Waals surface area (Å²) in [5.74, 6) is 0. The first kappa shape index (κ1) is 47.1. The molecule has 5 rings (SSSR count). The van der Waals surface area contributed by atoms with Crippen molar-refractivity contribution >= 4 is 33.5 Å². The summed E-state index contributed by atoms with van der Waals surface area (Å²) in [6.07, 6.45) is 11.9. The van der Waals surface area contributed by atoms with E-state index in [1.807, 2.05) is 71.9 Å². The molecule has 0 aliphatic heterocycles. The second-order valence-electron chi connectivity index (χ2n) is 11.1. The van der Waals surface area contributed by atoms with Gasteiger partial charge in [-0.25, -0.2) is 0 Å². The van der Waals surface area contributed by atoms with Crippen LogP contribution in [0.2, 0.25) is 0 Å². The molecule has 0 heterocycles. The number of hydrogen-bond acceptors (Lipinski definition) is 2. The molecule has 0 atom stereocenters. The van der Waals surface area contributed by atoms with E-state index in [0.29, 0.717) is 0 Å². The van der Waals surface area contributed by atoms with Crippen molar-refractivity contribution in [1.82, 2.24) is 0 Å². The average Bonchev–Trinajstić information content (AvgIpc) is 3.21. The van der Waals surface area contributed by atoms with E-state index in [1.54, 1.807) is 12.2 Å². The summed E-state index contributed by atoms with van der Waals surface area (Å²) in [6, 6.07) is 42.8. The normalized spacial score (nSPS) is 9.21. The van der Waals surface area contributed by atoms with E-state index in [9.17, 15) is 0 Å². The highest BCUT2D eigenvalue weighted by atomic mass is 15.1. The van der Waals surface area contributed by atoms with Crippen LogP contribution in [0.3, 0.4) is 0 Å². The molecular weight excluding hydrogens is 641 g/mol. The van der Waals surface area contributed by atoms with Crippen molar-refractivity contribution in [2.75, 3.05) is 16.8 Å². The molecule has 0 aromatic heterocycles. The van der Waals surface area contributed by atoms with E-state index < -0.39 is 0 Å². The third-order valence-electron chi connectivity index (χ3n) is 7.22. The molecule has 5 aromatic carbocycles. The Bertz CT molecular complexity index is 1800. The zero-order valence-corrected chi connectivity index (χ0v) is 33.9. The fraction of sp³-hybridized carbons (Fsp3) is 0.176. The molecule has 0 N–H and O–H groups in total. The fourth-order valence-corrected chi connectivity index (χ4v) is 4.85. The highest BCUT2D eigenvalue weighted by Gasteiger charge is 2.13. The molecule has 0 amide bonds. The Hall–Kier alpha value is -5.86. The second kappa shape index (κ2) is 28.8. The molecular formula is C51H64N2. The standard InChI is InChI=1S/C32H28N2.C7H10.C5H8.C3H6.2C2H6/c1-24(2)34(32-15-9-11-27-10-7-8-14-31(27)32)30-22-18-26(19-23-30)25-16-20-29(21-17-25)33(3)28-12-5-4-6-13-28;1-4-6-7(3)5-2;1-3-5-4-2;1-3-2;2*1-2/h4-23H,1H2,2-3H3;4-6H,2-3H2,1H3;3-4H,1-2,5H2;3H,1H2,2H3;2*1-2H3/b;6-4-;;;;. The van der Waals surface area contributed by atoms with Gasteiger partial charge in [0.1, 0.15) is 0 Å². The molecule has 0 unspecified atom stereocenters. The Morgan fingerprint density at radius 2 is 1.04 bits per heavy atom. The molecule has 0 spiro atoms. The summed E-state index contributed by atoms with van der Waals surface area (Å²) >= 11 is 0. The lowest BCUT2D eigenvalue weighted by Crippen LogP contribution is -2.13. The Balaban J connectivity index is 0.00000119. The molecule has 53 heavy (non-hydrogen) atoms. The first-order valence-corrected chi connectivity index (χ1v) is 18.4. The quantitative estimate of drug-likeness (QED) is 0.105. The van der Waals surface area contributed by atoms with Crippen LogP contribution < -0.4 is 9.80 Å². The predicted octanol–water partition coefficient (Wildman–Crippen LogP) is 16.2. The van der Waals surface area contributed by atoms with Gasteiger partial charge in [0.05, 0.1) is 5.69 Å². The van der Waals surface area contributed by atoms with Crippen molar-refractivity contribution in [2.24, 2.45) is 0 Å². The molecule has 0 radical (unpaired) electrons. The van der Waals surface area contributed by atoms with Gasteiger partial charge in [0.15, 0.2) is 0 Å². The molecule has 5 aromatic rings. The van der Waals surface area contributed by atoms with E-state index in [1.165, 1.54) is 27.6 Å². The molecule has 0 aliphatic carbocycles. The van der Waals surface area contributed by atoms with Gasteiger partial charge in [0.25, 0.3) is 0 Å². The van der Waals surface area contributed by atoms with Gasteiger partial charge in [-0.3, -0.25) is 0 Å². The van der Waals surface area contributed by atoms with Crippen LogP contribution >= 0.6 is 0 Å². The summed E-state index contributed by atoms with van der Waals surface area (Å²) in [7, 11) is 2.10. The van der Waals surface area contributed by atoms with Gasteiger partial charge in [-0.2, -0.15) is 0 Å². The third kappa shape index (κ3) is 16.4. The predicted molar refractivity (Wildman–Crippen MR) is 245 cm³/mol. The first-order chi connectivity index (χ1) is 25.8. The second-order valence-corrected chi connectivity index (χ2v) is 11.1. The van der Waals surface area contributed by atoms with Gasteiger partial charge in [-0.15, -0.1) is 19.7 Å². The van der Waals surface area contributed by atoms with E-state index in [4.69, 9.17) is 0 Å². The number of benzene rings is 5. The minimum Gasteiger partial charge on any atom is -0.345 e. The zero-order chi connectivity index (χ0) is 40.0. The van der Waals surface area contributed by atoms with Gasteiger partial charge in [-0.1, -0.05) is 163 Å². The number of para-hydroxylation sites is 1. The minimum absolute atomic E-state index is 0.917. The average molecular weight is 705 g/mol. The molecule has 0 aliphatic rings. The molecule has 0 bridgehead atoms. The number of hydrogen-bond donors (Lipinski definition) is 0. The smallest absolute Gasteiger partial charge is 0.0536 e. The van der Waals surface area contributed by atoms with Crippen molar-refractivity contribution in [1.29, 1.82) is 0 Å². The lowest BCUT2D eigenvalue weighted by Gasteiger charge is -2.27. The number of rotatable bonds is 10. The maximum Gasteiger partial charge on any atom is 0.0536 e. The first-order valence-electron chi connectivity index (χ1n) is 18.4. The zero-order valence-electron chi connectivity index (χ0n) is 33.9. The summed E-state index contributed by atoms with van der Waals surface area (Å²) in [4.78, 5) is 4.42. The topological polar surface area (TPSA) is 6.48 Å². The van der Waals surface area contributed by atoms with Crippen LogP contribution in [0.5, 0.6) is 0 Å². The SMILES string of the molecule is C=C(C)N(c1ccc(-c2ccc(N(C)c3ccccc3)cc2)cc1)c1cccc2ccccc12.C=CC.C=CC(=C)/C=C\C.C=CCC=C.CC.CC. The van der Waals surface area contributed by atoms with Crippen LogP contribution in [-0.2, 0) is 0 Å². The van der Waals surface area contributed by atoms with E-state index >= 15 is 0 Å². The van der Waals surface area contributed by atoms with Gasteiger partial charge >= 0.3 is 0 Å². The van der Waals surface area contributed by atoms with Crippen LogP contribution in [0.4, 0.5) is 22.7 Å². The van der Waals surface area contributed by atoms with Gasteiger partial charge in [0, 0.05) is 35.2 Å². The van der Waals surface area contributed by atoms with Gasteiger partial charge < -0.3 is 9.80 Å². The molecule has 278 valence electrons. The van der Waals surface area contributed by atoms with Crippen molar-refractivity contribution in [2.45, 2.75) is 54.9 Å². The highest BCUT2D eigenvalue weighted by molar-refractivity contribution is 5.97. The molecule has 2 heteroatoms. The van der Waals surface area contributed by atoms with E-state index in [0.717, 1.165) is 34.8 Å². The summed E-state index contributed by atoms with van der Waals surface area (Å²) in [6.45, 7) is 35.7. The largest absolute Gasteiger partial charge is 0.345 e. The number of allylic oxidation sites excluding steroid dienone is 8. The van der Waals surface area contributed by atoms with Crippen molar-refractivity contribution in [3.8, 4) is 11.1 Å². The number of fused-ring (bicyclic) bond motifs is 1. The highest BCUT2D eigenvalue weighted by Crippen LogP contribution is 2.36. The Morgan fingerprint density at radius 3 is 1.47 bits per heavy atom. The molecule has 0 saturated carbocycles. The van der Waals surface area contributed by atoms with Crippen LogP contribution in [0, 0.1) is 0 Å². The summed E-state index contributed by atoms with van der Waals surface area (Å²) in [5, 5.41) is 2.44. The van der Waals surface area contributed by atoms with Crippen molar-refractivity contribution in [3.63, 3.8) is 0 Å². The van der Waals surface area contributed by atoms with Crippen LogP contribution in [0.15, 0.2) is 209 Å². The monoisotopic (exact) mass is 705 g/mol. The number of anilines is 4. The summed E-state index contributed by atoms with van der Waals surface area (Å²) in [5.41, 5.74) is 8.92. The fourth-order valence-electron chi connectivity index (χ4n) is 4.85. The Labute approximate surface area is 323 Å². The Morgan fingerprint density at radius 1 is 0.585 bits per heavy atom. The van der Waals surface area contributed by atoms with Crippen LogP contribution in [-0.4, -0.2) is 7.05 Å². The van der Waals surface area contributed by atoms with Crippen molar-refractivity contribution in [3.05, 3.63) is 209 Å². The van der Waals surface area contributed by atoms with Gasteiger partial charge in [-0.05, 0) is 91.7 Å². The van der Waals surface area contributed by atoms with E-state index in [2.05, 4.69) is 179 Å². The molecule has 0 saturated heterocycles. The maximum absolute atomic E-state index is 4.27. The summed E-state index contributed by atoms with van der Waals surface area (Å²) < 4.78 is 0. The van der Waals surface area contributed by atoms with Crippen LogP contribution in [0.25, 0.3) is 21.9 Å². The lowest BCUT2D eigenvalue weighted by molar-refractivity contribution is 1.18. The van der Waals surface area contributed by atoms with Gasteiger partial charge in [0.2, 0.25) is 0 Å². The van der Waals surface area contributed by atoms with Crippen LogP contribution in [0.1, 0.15) is 54.9 Å². The van der Waals surface area contributed by atoms with Crippen molar-refractivity contribution < 1.29 is 0 Å². The third-order valence-corrected chi connectivity index (χ3v) is 7.22. The maximum atomic E-state index is 4.27. The lowest BCUT2D eigenvalue weighted by atomic mass is 10.0. The molecule has 2 nitrogen and oxygen atoms in total. The Kier molecular flexibility index (Phi) is 25.6.